The number of aromatic amines is 1. The number of benzene rings is 1. The molecule has 8 nitrogen and oxygen atoms in total. The van der Waals surface area contributed by atoms with Gasteiger partial charge in [-0.3, -0.25) is 14.7 Å². The first-order valence-corrected chi connectivity index (χ1v) is 12.8. The van der Waals surface area contributed by atoms with E-state index in [9.17, 15) is 9.59 Å². The highest BCUT2D eigenvalue weighted by Gasteiger charge is 2.57. The quantitative estimate of drug-likeness (QED) is 0.462. The molecule has 2 saturated heterocycles. The first kappa shape index (κ1) is 24.5. The molecule has 3 aromatic rings. The Morgan fingerprint density at radius 1 is 1.14 bits per heavy atom. The maximum Gasteiger partial charge on any atom is 0.328 e. The SMILES string of the molecule is COCCN1C(=O)N(Cc2cccnc2)C(=O)C12CCN([C@@H](C)CCc1c[nH]c3ccccc13)CC2. The van der Waals surface area contributed by atoms with Crippen LogP contribution in [0, 0.1) is 0 Å². The fourth-order valence-corrected chi connectivity index (χ4v) is 5.79. The number of rotatable bonds is 9. The van der Waals surface area contributed by atoms with Gasteiger partial charge >= 0.3 is 6.03 Å². The zero-order valence-corrected chi connectivity index (χ0v) is 21.2. The summed E-state index contributed by atoms with van der Waals surface area (Å²) in [5.41, 5.74) is 2.59. The number of piperidine rings is 1. The number of methoxy groups -OCH3 is 1. The minimum atomic E-state index is -0.787. The number of hydrogen-bond donors (Lipinski definition) is 1. The van der Waals surface area contributed by atoms with Gasteiger partial charge < -0.3 is 19.5 Å². The Labute approximate surface area is 212 Å². The number of nitrogens with zero attached hydrogens (tertiary/aromatic N) is 4. The topological polar surface area (TPSA) is 81.8 Å². The molecule has 2 aliphatic heterocycles. The second-order valence-electron chi connectivity index (χ2n) is 9.99. The van der Waals surface area contributed by atoms with Crippen molar-refractivity contribution in [3.8, 4) is 0 Å². The summed E-state index contributed by atoms with van der Waals surface area (Å²) in [5.74, 6) is -0.0847. The molecule has 4 heterocycles. The largest absolute Gasteiger partial charge is 0.383 e. The second kappa shape index (κ2) is 10.4. The molecule has 2 fully saturated rings. The normalized spacial score (nSPS) is 19.1. The molecule has 8 heteroatoms. The molecule has 190 valence electrons. The number of hydrogen-bond acceptors (Lipinski definition) is 5. The lowest BCUT2D eigenvalue weighted by molar-refractivity contribution is -0.136. The van der Waals surface area contributed by atoms with E-state index in [-0.39, 0.29) is 18.5 Å². The fourth-order valence-electron chi connectivity index (χ4n) is 5.79. The Kier molecular flexibility index (Phi) is 7.07. The van der Waals surface area contributed by atoms with E-state index in [1.54, 1.807) is 24.4 Å². The fraction of sp³-hybridized carbons (Fsp3) is 0.464. The molecule has 0 saturated carbocycles. The van der Waals surface area contributed by atoms with Crippen LogP contribution in [0.1, 0.15) is 37.3 Å². The summed E-state index contributed by atoms with van der Waals surface area (Å²) in [6.07, 6.45) is 8.85. The zero-order valence-electron chi connectivity index (χ0n) is 21.2. The maximum atomic E-state index is 13.7. The Balaban J connectivity index is 1.25. The number of para-hydroxylation sites is 1. The summed E-state index contributed by atoms with van der Waals surface area (Å²) < 4.78 is 5.29. The number of carbonyl (C=O) groups is 2. The summed E-state index contributed by atoms with van der Waals surface area (Å²) in [5, 5.41) is 1.29. The highest BCUT2D eigenvalue weighted by atomic mass is 16.5. The smallest absolute Gasteiger partial charge is 0.328 e. The van der Waals surface area contributed by atoms with Crippen molar-refractivity contribution >= 4 is 22.8 Å². The van der Waals surface area contributed by atoms with Crippen molar-refractivity contribution in [2.24, 2.45) is 0 Å². The number of amides is 3. The third kappa shape index (κ3) is 4.51. The maximum absolute atomic E-state index is 13.7. The average Bonchev–Trinajstić information content (AvgIpc) is 3.40. The minimum absolute atomic E-state index is 0.0847. The van der Waals surface area contributed by atoms with Crippen LogP contribution in [0.5, 0.6) is 0 Å². The van der Waals surface area contributed by atoms with Gasteiger partial charge in [0.1, 0.15) is 5.54 Å². The van der Waals surface area contributed by atoms with Crippen molar-refractivity contribution in [1.29, 1.82) is 0 Å². The van der Waals surface area contributed by atoms with Crippen molar-refractivity contribution in [3.63, 3.8) is 0 Å². The monoisotopic (exact) mass is 489 g/mol. The Bertz CT molecular complexity index is 1200. The van der Waals surface area contributed by atoms with Gasteiger partial charge in [-0.25, -0.2) is 4.79 Å². The number of carbonyl (C=O) groups excluding carboxylic acids is 2. The molecular weight excluding hydrogens is 454 g/mol. The number of ether oxygens (including phenoxy) is 1. The number of imide groups is 1. The van der Waals surface area contributed by atoms with Crippen LogP contribution in [0.15, 0.2) is 55.0 Å². The van der Waals surface area contributed by atoms with Gasteiger partial charge in [0.25, 0.3) is 5.91 Å². The predicted molar refractivity (Wildman–Crippen MR) is 138 cm³/mol. The Morgan fingerprint density at radius 3 is 2.69 bits per heavy atom. The van der Waals surface area contributed by atoms with E-state index in [0.29, 0.717) is 32.0 Å². The van der Waals surface area contributed by atoms with Gasteiger partial charge in [0.2, 0.25) is 0 Å². The number of nitrogens with one attached hydrogen (secondary N) is 1. The number of H-pyrrole nitrogens is 1. The van der Waals surface area contributed by atoms with Crippen molar-refractivity contribution < 1.29 is 14.3 Å². The van der Waals surface area contributed by atoms with Crippen molar-refractivity contribution in [2.45, 2.75) is 50.7 Å². The molecule has 1 spiro atoms. The van der Waals surface area contributed by atoms with Crippen molar-refractivity contribution in [1.82, 2.24) is 24.7 Å². The van der Waals surface area contributed by atoms with E-state index >= 15 is 0 Å². The molecule has 0 unspecified atom stereocenters. The summed E-state index contributed by atoms with van der Waals surface area (Å²) in [4.78, 5) is 40.3. The number of urea groups is 1. The van der Waals surface area contributed by atoms with Gasteiger partial charge in [-0.2, -0.15) is 0 Å². The van der Waals surface area contributed by atoms with Crippen LogP contribution in [0.2, 0.25) is 0 Å². The molecule has 5 rings (SSSR count). The van der Waals surface area contributed by atoms with Crippen LogP contribution in [0.3, 0.4) is 0 Å². The number of aryl methyl sites for hydroxylation is 1. The number of likely N-dealkylation sites (tertiary alicyclic amines) is 1. The van der Waals surface area contributed by atoms with Crippen LogP contribution < -0.4 is 0 Å². The van der Waals surface area contributed by atoms with E-state index < -0.39 is 5.54 Å². The first-order chi connectivity index (χ1) is 17.5. The average molecular weight is 490 g/mol. The molecular formula is C28H35N5O3. The molecule has 3 amide bonds. The Hall–Kier alpha value is -3.23. The van der Waals surface area contributed by atoms with Gasteiger partial charge in [0, 0.05) is 62.3 Å². The molecule has 0 bridgehead atoms. The zero-order chi connectivity index (χ0) is 25.1. The molecule has 1 aromatic carbocycles. The third-order valence-electron chi connectivity index (χ3n) is 7.96. The van der Waals surface area contributed by atoms with Crippen LogP contribution in [0.25, 0.3) is 10.9 Å². The molecule has 1 N–H and O–H groups in total. The van der Waals surface area contributed by atoms with E-state index in [1.807, 2.05) is 12.1 Å². The molecule has 2 aromatic heterocycles. The summed E-state index contributed by atoms with van der Waals surface area (Å²) in [7, 11) is 1.63. The van der Waals surface area contributed by atoms with Gasteiger partial charge in [0.15, 0.2) is 0 Å². The summed E-state index contributed by atoms with van der Waals surface area (Å²) in [6.45, 7) is 4.93. The van der Waals surface area contributed by atoms with Crippen LogP contribution in [-0.4, -0.2) is 81.5 Å². The van der Waals surface area contributed by atoms with Gasteiger partial charge in [-0.05, 0) is 55.9 Å². The summed E-state index contributed by atoms with van der Waals surface area (Å²) in [6, 6.07) is 12.3. The lowest BCUT2D eigenvalue weighted by Gasteiger charge is -2.44. The van der Waals surface area contributed by atoms with Crippen LogP contribution in [0.4, 0.5) is 4.79 Å². The van der Waals surface area contributed by atoms with E-state index in [4.69, 9.17) is 4.74 Å². The van der Waals surface area contributed by atoms with E-state index in [2.05, 4.69) is 52.3 Å². The third-order valence-corrected chi connectivity index (χ3v) is 7.96. The highest BCUT2D eigenvalue weighted by molar-refractivity contribution is 6.07. The standard InChI is InChI=1S/C28H35N5O3/c1-21(9-10-23-19-30-25-8-4-3-7-24(23)25)31-14-11-28(12-15-31)26(34)32(20-22-6-5-13-29-18-22)27(35)33(28)16-17-36-2/h3-8,13,18-19,21,30H,9-12,14-17,20H2,1-2H3/t21-/m0/s1. The van der Waals surface area contributed by atoms with E-state index in [1.165, 1.54) is 21.4 Å². The highest BCUT2D eigenvalue weighted by Crippen LogP contribution is 2.38. The van der Waals surface area contributed by atoms with Gasteiger partial charge in [0.05, 0.1) is 13.2 Å². The number of fused-ring (bicyclic) bond motifs is 1. The van der Waals surface area contributed by atoms with Crippen molar-refractivity contribution in [3.05, 3.63) is 66.1 Å². The van der Waals surface area contributed by atoms with Gasteiger partial charge in [-0.15, -0.1) is 0 Å². The minimum Gasteiger partial charge on any atom is -0.383 e. The number of pyridine rings is 1. The molecule has 2 aliphatic rings. The van der Waals surface area contributed by atoms with Gasteiger partial charge in [-0.1, -0.05) is 24.3 Å². The lowest BCUT2D eigenvalue weighted by Crippen LogP contribution is -2.58. The molecule has 1 atom stereocenters. The molecule has 36 heavy (non-hydrogen) atoms. The van der Waals surface area contributed by atoms with E-state index in [0.717, 1.165) is 31.5 Å². The predicted octanol–water partition coefficient (Wildman–Crippen LogP) is 3.83. The Morgan fingerprint density at radius 2 is 1.94 bits per heavy atom. The first-order valence-electron chi connectivity index (χ1n) is 12.8. The summed E-state index contributed by atoms with van der Waals surface area (Å²) >= 11 is 0. The second-order valence-corrected chi connectivity index (χ2v) is 9.99. The van der Waals surface area contributed by atoms with Crippen molar-refractivity contribution in [2.75, 3.05) is 33.4 Å². The number of aromatic nitrogens is 2. The molecule has 0 aliphatic carbocycles. The lowest BCUT2D eigenvalue weighted by atomic mass is 9.85. The van der Waals surface area contributed by atoms with Crippen LogP contribution >= 0.6 is 0 Å². The van der Waals surface area contributed by atoms with Crippen LogP contribution in [-0.2, 0) is 22.5 Å². The molecule has 0 radical (unpaired) electrons.